The van der Waals surface area contributed by atoms with Crippen molar-refractivity contribution in [1.82, 2.24) is 10.2 Å². The minimum Gasteiger partial charge on any atom is -0.314 e. The van der Waals surface area contributed by atoms with Gasteiger partial charge in [0.2, 0.25) is 0 Å². The van der Waals surface area contributed by atoms with Gasteiger partial charge < -0.3 is 5.32 Å². The van der Waals surface area contributed by atoms with Gasteiger partial charge in [-0.3, -0.25) is 15.0 Å². The lowest BCUT2D eigenvalue weighted by atomic mass is 9.79. The molecular formula is C17H25N3O2. The molecule has 1 aliphatic heterocycles. The summed E-state index contributed by atoms with van der Waals surface area (Å²) in [6.45, 7) is 3.91. The third-order valence-electron chi connectivity index (χ3n) is 5.09. The summed E-state index contributed by atoms with van der Waals surface area (Å²) in [5.41, 5.74) is 1.21. The van der Waals surface area contributed by atoms with Crippen LogP contribution < -0.4 is 5.32 Å². The molecule has 0 radical (unpaired) electrons. The van der Waals surface area contributed by atoms with E-state index in [1.165, 1.54) is 32.1 Å². The number of benzene rings is 1. The third-order valence-corrected chi connectivity index (χ3v) is 5.09. The predicted molar refractivity (Wildman–Crippen MR) is 86.9 cm³/mol. The van der Waals surface area contributed by atoms with Crippen molar-refractivity contribution in [1.29, 1.82) is 0 Å². The van der Waals surface area contributed by atoms with E-state index in [1.807, 2.05) is 12.1 Å². The Labute approximate surface area is 131 Å². The first-order chi connectivity index (χ1) is 10.8. The van der Waals surface area contributed by atoms with Gasteiger partial charge in [0.25, 0.3) is 5.69 Å². The standard InChI is InChI=1S/C17H25N3O2/c21-20(22)16-9-5-4-8-15(16)17(14-6-2-1-3-7-14)19-12-10-18-11-13-19/h4-5,8-9,14,17-18H,1-3,6-7,10-13H2/t17-/m1/s1. The van der Waals surface area contributed by atoms with Crippen LogP contribution in [0.1, 0.15) is 43.7 Å². The largest absolute Gasteiger partial charge is 0.314 e. The molecule has 5 heteroatoms. The topological polar surface area (TPSA) is 58.4 Å². The predicted octanol–water partition coefficient (Wildman–Crippen LogP) is 3.12. The highest BCUT2D eigenvalue weighted by Gasteiger charge is 2.34. The number of para-hydroxylation sites is 1. The average Bonchev–Trinajstić information content (AvgIpc) is 2.57. The van der Waals surface area contributed by atoms with Crippen LogP contribution >= 0.6 is 0 Å². The molecule has 2 fully saturated rings. The Morgan fingerprint density at radius 2 is 1.82 bits per heavy atom. The molecule has 0 amide bonds. The van der Waals surface area contributed by atoms with Gasteiger partial charge in [0.05, 0.1) is 4.92 Å². The molecule has 2 aliphatic rings. The van der Waals surface area contributed by atoms with Gasteiger partial charge in [-0.15, -0.1) is 0 Å². The summed E-state index contributed by atoms with van der Waals surface area (Å²) in [4.78, 5) is 13.7. The highest BCUT2D eigenvalue weighted by Crippen LogP contribution is 2.41. The molecule has 0 spiro atoms. The maximum atomic E-state index is 11.5. The van der Waals surface area contributed by atoms with Crippen LogP contribution in [0.5, 0.6) is 0 Å². The van der Waals surface area contributed by atoms with Gasteiger partial charge in [-0.05, 0) is 18.8 Å². The Balaban J connectivity index is 1.95. The zero-order valence-corrected chi connectivity index (χ0v) is 13.0. The maximum Gasteiger partial charge on any atom is 0.274 e. The lowest BCUT2D eigenvalue weighted by molar-refractivity contribution is -0.386. The molecule has 22 heavy (non-hydrogen) atoms. The first-order valence-electron chi connectivity index (χ1n) is 8.45. The summed E-state index contributed by atoms with van der Waals surface area (Å²) in [5.74, 6) is 0.549. The van der Waals surface area contributed by atoms with Gasteiger partial charge >= 0.3 is 0 Å². The van der Waals surface area contributed by atoms with Crippen molar-refractivity contribution >= 4 is 5.69 Å². The van der Waals surface area contributed by atoms with E-state index in [-0.39, 0.29) is 16.7 Å². The first kappa shape index (κ1) is 15.4. The number of hydrogen-bond acceptors (Lipinski definition) is 4. The van der Waals surface area contributed by atoms with Crippen molar-refractivity contribution in [2.75, 3.05) is 26.2 Å². The minimum atomic E-state index is -0.215. The van der Waals surface area contributed by atoms with Gasteiger partial charge in [0.15, 0.2) is 0 Å². The van der Waals surface area contributed by atoms with Gasteiger partial charge in [-0.25, -0.2) is 0 Å². The lowest BCUT2D eigenvalue weighted by Gasteiger charge is -2.40. The van der Waals surface area contributed by atoms with Crippen molar-refractivity contribution < 1.29 is 4.92 Å². The number of nitro benzene ring substituents is 1. The maximum absolute atomic E-state index is 11.5. The molecule has 1 aromatic carbocycles. The monoisotopic (exact) mass is 303 g/mol. The molecule has 1 N–H and O–H groups in total. The quantitative estimate of drug-likeness (QED) is 0.686. The van der Waals surface area contributed by atoms with Crippen LogP contribution in [0.4, 0.5) is 5.69 Å². The Hall–Kier alpha value is -1.46. The van der Waals surface area contributed by atoms with Crippen LogP contribution in [0.2, 0.25) is 0 Å². The highest BCUT2D eigenvalue weighted by atomic mass is 16.6. The Bertz CT molecular complexity index is 490. The molecule has 5 nitrogen and oxygen atoms in total. The van der Waals surface area contributed by atoms with Crippen molar-refractivity contribution in [3.05, 3.63) is 39.9 Å². The van der Waals surface area contributed by atoms with Crippen molar-refractivity contribution in [2.45, 2.75) is 38.1 Å². The van der Waals surface area contributed by atoms with Gasteiger partial charge in [0, 0.05) is 43.9 Å². The Morgan fingerprint density at radius 3 is 2.50 bits per heavy atom. The molecule has 1 atom stereocenters. The smallest absolute Gasteiger partial charge is 0.274 e. The SMILES string of the molecule is O=[N+]([O-])c1ccccc1[C@@H](C1CCCCC1)N1CCNCC1. The second-order valence-electron chi connectivity index (χ2n) is 6.44. The fraction of sp³-hybridized carbons (Fsp3) is 0.647. The van der Waals surface area contributed by atoms with Crippen LogP contribution in [0, 0.1) is 16.0 Å². The molecule has 1 aromatic rings. The van der Waals surface area contributed by atoms with E-state index in [4.69, 9.17) is 0 Å². The van der Waals surface area contributed by atoms with Crippen molar-refractivity contribution in [3.63, 3.8) is 0 Å². The molecule has 1 saturated heterocycles. The van der Waals surface area contributed by atoms with E-state index < -0.39 is 0 Å². The molecule has 3 rings (SSSR count). The second-order valence-corrected chi connectivity index (χ2v) is 6.44. The molecule has 0 unspecified atom stereocenters. The number of nitrogens with one attached hydrogen (secondary N) is 1. The van der Waals surface area contributed by atoms with Crippen molar-refractivity contribution in [3.8, 4) is 0 Å². The van der Waals surface area contributed by atoms with E-state index in [0.717, 1.165) is 31.7 Å². The number of nitro groups is 1. The highest BCUT2D eigenvalue weighted by molar-refractivity contribution is 5.42. The van der Waals surface area contributed by atoms with Gasteiger partial charge in [-0.2, -0.15) is 0 Å². The Morgan fingerprint density at radius 1 is 1.14 bits per heavy atom. The lowest BCUT2D eigenvalue weighted by Crippen LogP contribution is -2.47. The second kappa shape index (κ2) is 7.20. The van der Waals surface area contributed by atoms with Crippen LogP contribution in [-0.4, -0.2) is 36.0 Å². The number of hydrogen-bond donors (Lipinski definition) is 1. The summed E-state index contributed by atoms with van der Waals surface area (Å²) in [6, 6.07) is 7.55. The average molecular weight is 303 g/mol. The molecule has 0 aromatic heterocycles. The van der Waals surface area contributed by atoms with Gasteiger partial charge in [-0.1, -0.05) is 37.5 Å². The molecular weight excluding hydrogens is 278 g/mol. The molecule has 0 bridgehead atoms. The number of piperazine rings is 1. The van der Waals surface area contributed by atoms with E-state index in [2.05, 4.69) is 10.2 Å². The zero-order chi connectivity index (χ0) is 15.4. The minimum absolute atomic E-state index is 0.198. The summed E-state index contributed by atoms with van der Waals surface area (Å²) < 4.78 is 0. The summed E-state index contributed by atoms with van der Waals surface area (Å²) in [6.07, 6.45) is 6.21. The van der Waals surface area contributed by atoms with E-state index >= 15 is 0 Å². The zero-order valence-electron chi connectivity index (χ0n) is 13.0. The summed E-state index contributed by atoms with van der Waals surface area (Å²) in [5, 5.41) is 14.9. The Kier molecular flexibility index (Phi) is 5.05. The first-order valence-corrected chi connectivity index (χ1v) is 8.45. The third kappa shape index (κ3) is 3.31. The molecule has 1 heterocycles. The van der Waals surface area contributed by atoms with Gasteiger partial charge in [0.1, 0.15) is 0 Å². The summed E-state index contributed by atoms with van der Waals surface area (Å²) >= 11 is 0. The number of nitrogens with zero attached hydrogens (tertiary/aromatic N) is 2. The molecule has 1 aliphatic carbocycles. The number of rotatable bonds is 4. The fourth-order valence-corrected chi connectivity index (χ4v) is 4.06. The molecule has 120 valence electrons. The van der Waals surface area contributed by atoms with Crippen LogP contribution in [-0.2, 0) is 0 Å². The van der Waals surface area contributed by atoms with Crippen LogP contribution in [0.25, 0.3) is 0 Å². The summed E-state index contributed by atoms with van der Waals surface area (Å²) in [7, 11) is 0. The van der Waals surface area contributed by atoms with Crippen LogP contribution in [0.15, 0.2) is 24.3 Å². The molecule has 1 saturated carbocycles. The van der Waals surface area contributed by atoms with E-state index in [9.17, 15) is 10.1 Å². The van der Waals surface area contributed by atoms with E-state index in [0.29, 0.717) is 5.92 Å². The normalized spacial score (nSPS) is 22.4. The van der Waals surface area contributed by atoms with E-state index in [1.54, 1.807) is 12.1 Å². The fourth-order valence-electron chi connectivity index (χ4n) is 4.06. The van der Waals surface area contributed by atoms with Crippen LogP contribution in [0.3, 0.4) is 0 Å². The van der Waals surface area contributed by atoms with Crippen molar-refractivity contribution in [2.24, 2.45) is 5.92 Å².